The van der Waals surface area contributed by atoms with Gasteiger partial charge in [0.25, 0.3) is 11.8 Å². The number of hydrogen-bond acceptors (Lipinski definition) is 8. The Kier molecular flexibility index (Phi) is 12.9. The van der Waals surface area contributed by atoms with Gasteiger partial charge in [0.1, 0.15) is 16.4 Å². The molecule has 3 aromatic carbocycles. The molecule has 9 nitrogen and oxygen atoms in total. The molecule has 1 aliphatic carbocycles. The molecule has 0 aliphatic heterocycles. The number of ether oxygens (including phenoxy) is 2. The number of methoxy groups -OCH3 is 1. The van der Waals surface area contributed by atoms with Crippen LogP contribution in [0.2, 0.25) is 0 Å². The summed E-state index contributed by atoms with van der Waals surface area (Å²) in [4.78, 5) is 55.2. The first-order valence-corrected chi connectivity index (χ1v) is 18.4. The molecule has 260 valence electrons. The summed E-state index contributed by atoms with van der Waals surface area (Å²) in [6.45, 7) is 3.97. The lowest BCUT2D eigenvalue weighted by molar-refractivity contribution is -0.116. The van der Waals surface area contributed by atoms with Gasteiger partial charge in [-0.15, -0.1) is 23.1 Å². The van der Waals surface area contributed by atoms with E-state index in [1.165, 1.54) is 23.1 Å². The molecule has 50 heavy (non-hydrogen) atoms. The molecule has 0 fully saturated rings. The first-order valence-electron chi connectivity index (χ1n) is 16.7. The molecule has 0 saturated heterocycles. The third kappa shape index (κ3) is 9.42. The largest absolute Gasteiger partial charge is 0.497 e. The summed E-state index contributed by atoms with van der Waals surface area (Å²) in [5.74, 6) is -0.871. The number of thiophene rings is 1. The Hall–Kier alpha value is -4.87. The summed E-state index contributed by atoms with van der Waals surface area (Å²) in [5, 5.41) is 8.79. The van der Waals surface area contributed by atoms with E-state index in [1.807, 2.05) is 19.1 Å². The fourth-order valence-corrected chi connectivity index (χ4v) is 7.88. The van der Waals surface area contributed by atoms with E-state index >= 15 is 0 Å². The Labute approximate surface area is 300 Å². The first-order chi connectivity index (χ1) is 24.3. The van der Waals surface area contributed by atoms with E-state index in [4.69, 9.17) is 9.47 Å². The number of thioether (sulfide) groups is 1. The number of carbonyl (C=O) groups excluding carboxylic acids is 4. The number of anilines is 2. The minimum absolute atomic E-state index is 0.0552. The molecule has 4 aromatic rings. The highest BCUT2D eigenvalue weighted by Crippen LogP contribution is 2.39. The lowest BCUT2D eigenvalue weighted by atomic mass is 10.1. The fourth-order valence-electron chi connectivity index (χ4n) is 5.58. The maximum absolute atomic E-state index is 13.6. The number of fused-ring (bicyclic) bond motifs is 1. The number of nitrogens with one attached hydrogen (secondary N) is 3. The second-order valence-corrected chi connectivity index (χ2v) is 14.0. The van der Waals surface area contributed by atoms with E-state index in [0.29, 0.717) is 39.5 Å². The summed E-state index contributed by atoms with van der Waals surface area (Å²) in [7, 11) is 1.57. The predicted octanol–water partition coefficient (Wildman–Crippen LogP) is 8.12. The topological polar surface area (TPSA) is 123 Å². The molecule has 1 heterocycles. The smallest absolute Gasteiger partial charge is 0.341 e. The van der Waals surface area contributed by atoms with Crippen molar-refractivity contribution in [2.24, 2.45) is 0 Å². The van der Waals surface area contributed by atoms with Gasteiger partial charge in [-0.2, -0.15) is 0 Å². The molecule has 3 N–H and O–H groups in total. The van der Waals surface area contributed by atoms with Crippen molar-refractivity contribution in [2.75, 3.05) is 24.4 Å². The molecule has 1 aromatic heterocycles. The molecule has 5 rings (SSSR count). The van der Waals surface area contributed by atoms with Crippen LogP contribution in [0.1, 0.15) is 76.3 Å². The van der Waals surface area contributed by atoms with Crippen LogP contribution >= 0.6 is 23.1 Å². The second kappa shape index (κ2) is 17.7. The number of rotatable bonds is 13. The van der Waals surface area contributed by atoms with Gasteiger partial charge in [0.15, 0.2) is 0 Å². The second-order valence-electron chi connectivity index (χ2n) is 11.6. The van der Waals surface area contributed by atoms with Crippen LogP contribution < -0.4 is 20.7 Å². The molecule has 0 bridgehead atoms. The van der Waals surface area contributed by atoms with Gasteiger partial charge in [0.05, 0.1) is 24.5 Å². The van der Waals surface area contributed by atoms with Crippen molar-refractivity contribution in [3.05, 3.63) is 112 Å². The van der Waals surface area contributed by atoms with Crippen LogP contribution in [0.15, 0.2) is 89.5 Å². The van der Waals surface area contributed by atoms with E-state index in [0.717, 1.165) is 47.4 Å². The van der Waals surface area contributed by atoms with Gasteiger partial charge in [-0.1, -0.05) is 49.7 Å². The zero-order valence-electron chi connectivity index (χ0n) is 28.4. The van der Waals surface area contributed by atoms with Crippen molar-refractivity contribution >= 4 is 63.6 Å². The Bertz CT molecular complexity index is 1850. The Morgan fingerprint density at radius 3 is 2.38 bits per heavy atom. The van der Waals surface area contributed by atoms with Crippen LogP contribution in [0.5, 0.6) is 5.75 Å². The number of hydrogen-bond donors (Lipinski definition) is 3. The predicted molar refractivity (Wildman–Crippen MR) is 200 cm³/mol. The quantitative estimate of drug-likeness (QED) is 0.0554. The van der Waals surface area contributed by atoms with Crippen LogP contribution in [-0.4, -0.2) is 42.7 Å². The van der Waals surface area contributed by atoms with Crippen LogP contribution in [0.25, 0.3) is 6.08 Å². The van der Waals surface area contributed by atoms with Crippen molar-refractivity contribution in [1.82, 2.24) is 5.32 Å². The Balaban J connectivity index is 1.32. The molecule has 0 radical (unpaired) electrons. The molecule has 11 heteroatoms. The van der Waals surface area contributed by atoms with Crippen LogP contribution in [-0.2, 0) is 27.2 Å². The van der Waals surface area contributed by atoms with E-state index in [1.54, 1.807) is 86.8 Å². The van der Waals surface area contributed by atoms with Gasteiger partial charge in [-0.25, -0.2) is 4.79 Å². The summed E-state index contributed by atoms with van der Waals surface area (Å²) < 4.78 is 10.6. The minimum atomic E-state index is -0.513. The highest BCUT2D eigenvalue weighted by molar-refractivity contribution is 8.00. The Morgan fingerprint density at radius 1 is 0.900 bits per heavy atom. The normalized spacial score (nSPS) is 13.3. The minimum Gasteiger partial charge on any atom is -0.497 e. The third-order valence-electron chi connectivity index (χ3n) is 8.13. The van der Waals surface area contributed by atoms with Crippen molar-refractivity contribution in [3.8, 4) is 5.75 Å². The molecule has 1 atom stereocenters. The summed E-state index contributed by atoms with van der Waals surface area (Å²) in [5.41, 5.74) is 3.15. The van der Waals surface area contributed by atoms with E-state index in [-0.39, 0.29) is 18.2 Å². The van der Waals surface area contributed by atoms with Crippen LogP contribution in [0.4, 0.5) is 10.7 Å². The number of aryl methyl sites for hydroxylation is 1. The van der Waals surface area contributed by atoms with Gasteiger partial charge < -0.3 is 25.4 Å². The summed E-state index contributed by atoms with van der Waals surface area (Å²) in [6, 6.07) is 23.0. The van der Waals surface area contributed by atoms with Crippen LogP contribution in [0.3, 0.4) is 0 Å². The SMILES string of the molecule is CCOC(=O)c1c(NC(=O)C(CC)Sc2cccc(NC(=O)/C(=C\c3ccc(OC)cc3)NC(=O)c3ccccc3)c2)sc2c1CCCCC2. The zero-order valence-corrected chi connectivity index (χ0v) is 30.0. The van der Waals surface area contributed by atoms with Crippen molar-refractivity contribution in [3.63, 3.8) is 0 Å². The summed E-state index contributed by atoms with van der Waals surface area (Å²) >= 11 is 2.85. The highest BCUT2D eigenvalue weighted by atomic mass is 32.2. The molecular weight excluding hydrogens is 671 g/mol. The van der Waals surface area contributed by atoms with Crippen molar-refractivity contribution in [1.29, 1.82) is 0 Å². The van der Waals surface area contributed by atoms with Gasteiger partial charge in [0.2, 0.25) is 5.91 Å². The van der Waals surface area contributed by atoms with Gasteiger partial charge in [-0.05, 0) is 98.7 Å². The standard InChI is InChI=1S/C39H41N3O6S2/c1-4-32(37(45)42-38-34(39(46)48-5-2)30-17-10-7-11-18-33(30)50-38)49-29-16-12-15-27(24-29)40-36(44)31(23-25-19-21-28(47-3)22-20-25)41-35(43)26-13-8-6-9-14-26/h6,8-9,12-16,19-24,32H,4-5,7,10-11,17-18H2,1-3H3,(H,40,44)(H,41,43)(H,42,45)/b31-23+. The fraction of sp³-hybridized carbons (Fsp3) is 0.282. The molecule has 1 unspecified atom stereocenters. The maximum Gasteiger partial charge on any atom is 0.341 e. The van der Waals surface area contributed by atoms with Gasteiger partial charge in [-0.3, -0.25) is 14.4 Å². The molecular formula is C39H41N3O6S2. The highest BCUT2D eigenvalue weighted by Gasteiger charge is 2.28. The van der Waals surface area contributed by atoms with E-state index in [9.17, 15) is 19.2 Å². The third-order valence-corrected chi connectivity index (χ3v) is 10.7. The lowest BCUT2D eigenvalue weighted by Crippen LogP contribution is -2.30. The van der Waals surface area contributed by atoms with Crippen molar-refractivity contribution < 1.29 is 28.7 Å². The monoisotopic (exact) mass is 711 g/mol. The Morgan fingerprint density at radius 2 is 1.66 bits per heavy atom. The first kappa shape index (κ1) is 36.4. The average Bonchev–Trinajstić information content (AvgIpc) is 3.30. The molecule has 0 saturated carbocycles. The molecule has 0 spiro atoms. The number of esters is 1. The number of amides is 3. The molecule has 3 amide bonds. The number of carbonyl (C=O) groups is 4. The molecule has 1 aliphatic rings. The van der Waals surface area contributed by atoms with Crippen LogP contribution in [0, 0.1) is 0 Å². The van der Waals surface area contributed by atoms with E-state index < -0.39 is 23.0 Å². The zero-order chi connectivity index (χ0) is 35.5. The van der Waals surface area contributed by atoms with E-state index in [2.05, 4.69) is 16.0 Å². The van der Waals surface area contributed by atoms with Gasteiger partial charge >= 0.3 is 5.97 Å². The van der Waals surface area contributed by atoms with Crippen molar-refractivity contribution in [2.45, 2.75) is 62.5 Å². The number of benzene rings is 3. The average molecular weight is 712 g/mol. The van der Waals surface area contributed by atoms with Gasteiger partial charge in [0, 0.05) is 21.0 Å². The maximum atomic E-state index is 13.6. The lowest BCUT2D eigenvalue weighted by Gasteiger charge is -2.16. The summed E-state index contributed by atoms with van der Waals surface area (Å²) in [6.07, 6.45) is 6.99.